The molecule has 1 N–H and O–H groups in total. The van der Waals surface area contributed by atoms with E-state index >= 15 is 0 Å². The molecule has 0 aliphatic carbocycles. The minimum Gasteiger partial charge on any atom is -0.357 e. The van der Waals surface area contributed by atoms with Crippen LogP contribution in [-0.4, -0.2) is 42.8 Å². The van der Waals surface area contributed by atoms with Crippen molar-refractivity contribution in [2.24, 2.45) is 11.8 Å². The van der Waals surface area contributed by atoms with Gasteiger partial charge in [0.2, 0.25) is 16.0 Å². The quantitative estimate of drug-likeness (QED) is 0.902. The van der Waals surface area contributed by atoms with Crippen molar-refractivity contribution in [3.63, 3.8) is 0 Å². The topological polar surface area (TPSA) is 75.2 Å². The molecule has 106 valence electrons. The van der Waals surface area contributed by atoms with E-state index < -0.39 is 10.0 Å². The third-order valence-corrected chi connectivity index (χ3v) is 5.60. The van der Waals surface area contributed by atoms with Gasteiger partial charge in [-0.2, -0.15) is 4.31 Å². The van der Waals surface area contributed by atoms with Gasteiger partial charge in [-0.05, 0) is 18.3 Å². The van der Waals surface area contributed by atoms with E-state index in [9.17, 15) is 8.42 Å². The summed E-state index contributed by atoms with van der Waals surface area (Å²) in [7, 11) is -1.77. The van der Waals surface area contributed by atoms with Crippen molar-refractivity contribution in [3.8, 4) is 0 Å². The Balaban J connectivity index is 2.21. The van der Waals surface area contributed by atoms with Gasteiger partial charge >= 0.3 is 0 Å². The standard InChI is InChI=1S/C12H20N4O2S/c1-9-4-5-16(8-10(9)2)19(17,18)11-6-14-12(13-3)15-7-11/h6-7,9-10H,4-5,8H2,1-3H3,(H,13,14,15). The first kappa shape index (κ1) is 14.2. The predicted molar refractivity (Wildman–Crippen MR) is 73.3 cm³/mol. The highest BCUT2D eigenvalue weighted by Gasteiger charge is 2.32. The average Bonchev–Trinajstić information content (AvgIpc) is 2.41. The maximum atomic E-state index is 12.5. The molecule has 1 fully saturated rings. The molecule has 19 heavy (non-hydrogen) atoms. The van der Waals surface area contributed by atoms with Gasteiger partial charge in [0.25, 0.3) is 0 Å². The molecule has 0 saturated carbocycles. The molecule has 0 spiro atoms. The monoisotopic (exact) mass is 284 g/mol. The van der Waals surface area contributed by atoms with Crippen molar-refractivity contribution < 1.29 is 8.42 Å². The number of piperidine rings is 1. The van der Waals surface area contributed by atoms with E-state index in [0.29, 0.717) is 30.9 Å². The highest BCUT2D eigenvalue weighted by Crippen LogP contribution is 2.26. The molecule has 0 bridgehead atoms. The predicted octanol–water partition coefficient (Wildman–Crippen LogP) is 1.18. The van der Waals surface area contributed by atoms with Crippen LogP contribution in [0, 0.1) is 11.8 Å². The number of anilines is 1. The highest BCUT2D eigenvalue weighted by molar-refractivity contribution is 7.89. The van der Waals surface area contributed by atoms with Crippen molar-refractivity contribution in [1.29, 1.82) is 0 Å². The van der Waals surface area contributed by atoms with E-state index in [1.807, 2.05) is 0 Å². The summed E-state index contributed by atoms with van der Waals surface area (Å²) >= 11 is 0. The van der Waals surface area contributed by atoms with Crippen LogP contribution in [0.25, 0.3) is 0 Å². The lowest BCUT2D eigenvalue weighted by Crippen LogP contribution is -2.42. The van der Waals surface area contributed by atoms with Gasteiger partial charge in [-0.15, -0.1) is 0 Å². The zero-order valence-electron chi connectivity index (χ0n) is 11.5. The summed E-state index contributed by atoms with van der Waals surface area (Å²) in [4.78, 5) is 8.09. The van der Waals surface area contributed by atoms with Crippen molar-refractivity contribution in [2.75, 3.05) is 25.5 Å². The molecule has 1 aromatic rings. The molecule has 0 aromatic carbocycles. The van der Waals surface area contributed by atoms with Gasteiger partial charge in [-0.3, -0.25) is 0 Å². The van der Waals surface area contributed by atoms with Crippen LogP contribution in [0.15, 0.2) is 17.3 Å². The minimum absolute atomic E-state index is 0.160. The first-order valence-corrected chi connectivity index (χ1v) is 7.89. The zero-order valence-corrected chi connectivity index (χ0v) is 12.3. The second-order valence-electron chi connectivity index (χ2n) is 5.10. The van der Waals surface area contributed by atoms with Gasteiger partial charge < -0.3 is 5.32 Å². The number of rotatable bonds is 3. The Morgan fingerprint density at radius 1 is 1.26 bits per heavy atom. The van der Waals surface area contributed by atoms with Gasteiger partial charge in [-0.1, -0.05) is 13.8 Å². The summed E-state index contributed by atoms with van der Waals surface area (Å²) in [5, 5.41) is 2.77. The molecule has 2 rings (SSSR count). The summed E-state index contributed by atoms with van der Waals surface area (Å²) in [5.41, 5.74) is 0. The van der Waals surface area contributed by atoms with Crippen molar-refractivity contribution in [1.82, 2.24) is 14.3 Å². The normalized spacial score (nSPS) is 25.2. The second-order valence-corrected chi connectivity index (χ2v) is 7.04. The van der Waals surface area contributed by atoms with Crippen LogP contribution in [0.5, 0.6) is 0 Å². The first-order valence-electron chi connectivity index (χ1n) is 6.45. The van der Waals surface area contributed by atoms with Gasteiger partial charge in [-0.25, -0.2) is 18.4 Å². The fourth-order valence-corrected chi connectivity index (χ4v) is 3.62. The fraction of sp³-hybridized carbons (Fsp3) is 0.667. The number of sulfonamides is 1. The summed E-state index contributed by atoms with van der Waals surface area (Å²) in [6.45, 7) is 5.39. The molecule has 1 saturated heterocycles. The molecule has 2 heterocycles. The molecule has 1 aromatic heterocycles. The Labute approximate surface area is 114 Å². The maximum Gasteiger partial charge on any atom is 0.246 e. The van der Waals surface area contributed by atoms with E-state index in [4.69, 9.17) is 0 Å². The third-order valence-electron chi connectivity index (χ3n) is 3.79. The summed E-state index contributed by atoms with van der Waals surface area (Å²) in [6, 6.07) is 0. The number of aromatic nitrogens is 2. The molecule has 1 aliphatic heterocycles. The summed E-state index contributed by atoms with van der Waals surface area (Å²) in [6.07, 6.45) is 3.61. The van der Waals surface area contributed by atoms with Crippen LogP contribution in [-0.2, 0) is 10.0 Å². The van der Waals surface area contributed by atoms with E-state index in [2.05, 4.69) is 29.1 Å². The smallest absolute Gasteiger partial charge is 0.246 e. The van der Waals surface area contributed by atoms with Gasteiger partial charge in [0.05, 0.1) is 12.4 Å². The molecule has 1 aliphatic rings. The Morgan fingerprint density at radius 3 is 2.42 bits per heavy atom. The van der Waals surface area contributed by atoms with E-state index in [1.165, 1.54) is 16.7 Å². The highest BCUT2D eigenvalue weighted by atomic mass is 32.2. The third kappa shape index (κ3) is 2.87. The first-order chi connectivity index (χ1) is 8.95. The van der Waals surface area contributed by atoms with E-state index in [-0.39, 0.29) is 4.90 Å². The number of nitrogens with zero attached hydrogens (tertiary/aromatic N) is 3. The lowest BCUT2D eigenvalue weighted by atomic mass is 9.90. The van der Waals surface area contributed by atoms with Gasteiger partial charge in [0.1, 0.15) is 4.90 Å². The molecule has 7 heteroatoms. The van der Waals surface area contributed by atoms with Crippen molar-refractivity contribution in [2.45, 2.75) is 25.2 Å². The molecule has 0 radical (unpaired) electrons. The summed E-state index contributed by atoms with van der Waals surface area (Å²) < 4.78 is 26.5. The Morgan fingerprint density at radius 2 is 1.89 bits per heavy atom. The lowest BCUT2D eigenvalue weighted by Gasteiger charge is -2.34. The largest absolute Gasteiger partial charge is 0.357 e. The van der Waals surface area contributed by atoms with Crippen LogP contribution in [0.2, 0.25) is 0 Å². The molecule has 0 amide bonds. The molecule has 6 nitrogen and oxygen atoms in total. The number of hydrogen-bond donors (Lipinski definition) is 1. The Hall–Kier alpha value is -1.21. The van der Waals surface area contributed by atoms with Crippen LogP contribution < -0.4 is 5.32 Å². The number of nitrogens with one attached hydrogen (secondary N) is 1. The maximum absolute atomic E-state index is 12.5. The van der Waals surface area contributed by atoms with Crippen LogP contribution in [0.3, 0.4) is 0 Å². The minimum atomic E-state index is -3.46. The summed E-state index contributed by atoms with van der Waals surface area (Å²) in [5.74, 6) is 1.36. The molecule has 2 atom stereocenters. The molecule has 2 unspecified atom stereocenters. The van der Waals surface area contributed by atoms with Crippen molar-refractivity contribution in [3.05, 3.63) is 12.4 Å². The van der Waals surface area contributed by atoms with Crippen LogP contribution in [0.4, 0.5) is 5.95 Å². The van der Waals surface area contributed by atoms with E-state index in [1.54, 1.807) is 7.05 Å². The van der Waals surface area contributed by atoms with Gasteiger partial charge in [0.15, 0.2) is 0 Å². The zero-order chi connectivity index (χ0) is 14.0. The fourth-order valence-electron chi connectivity index (χ4n) is 2.17. The lowest BCUT2D eigenvalue weighted by molar-refractivity contribution is 0.212. The number of hydrogen-bond acceptors (Lipinski definition) is 5. The molecular weight excluding hydrogens is 264 g/mol. The Bertz CT molecular complexity index is 529. The Kier molecular flexibility index (Phi) is 4.05. The molecular formula is C12H20N4O2S. The van der Waals surface area contributed by atoms with Crippen LogP contribution in [0.1, 0.15) is 20.3 Å². The van der Waals surface area contributed by atoms with Gasteiger partial charge in [0, 0.05) is 20.1 Å². The SMILES string of the molecule is CNc1ncc(S(=O)(=O)N2CCC(C)C(C)C2)cn1. The second kappa shape index (κ2) is 5.42. The van der Waals surface area contributed by atoms with Crippen LogP contribution >= 0.6 is 0 Å². The van der Waals surface area contributed by atoms with E-state index in [0.717, 1.165) is 6.42 Å². The average molecular weight is 284 g/mol. The van der Waals surface area contributed by atoms with Crippen molar-refractivity contribution >= 4 is 16.0 Å².